The summed E-state index contributed by atoms with van der Waals surface area (Å²) in [5, 5.41) is 0. The maximum atomic E-state index is 13.5. The Balaban J connectivity index is 2.17. The minimum Gasteiger partial charge on any atom is -0.591 e. The van der Waals surface area contributed by atoms with Gasteiger partial charge in [0.25, 0.3) is 0 Å². The highest BCUT2D eigenvalue weighted by Crippen LogP contribution is 2.30. The minimum absolute atomic E-state index is 0.310. The van der Waals surface area contributed by atoms with Gasteiger partial charge in [0.1, 0.15) is 17.3 Å². The van der Waals surface area contributed by atoms with E-state index in [9.17, 15) is 8.94 Å². The fraction of sp³-hybridized carbons (Fsp3) is 0.278. The standard InChI is InChI=1S/C18H20FNO2S/c1-13(2)12-23(21)20-11-14-4-6-15(7-5-14)17-10-16(19)8-9-18(17)22-3/h4-11,13H,12H2,1-3H3. The number of hydrogen-bond acceptors (Lipinski definition) is 3. The highest BCUT2D eigenvalue weighted by molar-refractivity contribution is 7.90. The van der Waals surface area contributed by atoms with Crippen LogP contribution in [0.2, 0.25) is 0 Å². The van der Waals surface area contributed by atoms with Gasteiger partial charge in [-0.3, -0.25) is 0 Å². The van der Waals surface area contributed by atoms with Gasteiger partial charge in [-0.05, 0) is 29.3 Å². The first-order valence-electron chi connectivity index (χ1n) is 7.36. The molecule has 0 aromatic heterocycles. The zero-order valence-electron chi connectivity index (χ0n) is 13.5. The molecule has 23 heavy (non-hydrogen) atoms. The van der Waals surface area contributed by atoms with E-state index in [1.54, 1.807) is 19.4 Å². The number of benzene rings is 2. The van der Waals surface area contributed by atoms with Crippen LogP contribution in [0.3, 0.4) is 0 Å². The molecule has 0 heterocycles. The van der Waals surface area contributed by atoms with Gasteiger partial charge >= 0.3 is 0 Å². The van der Waals surface area contributed by atoms with E-state index in [0.717, 1.165) is 11.1 Å². The van der Waals surface area contributed by atoms with E-state index in [2.05, 4.69) is 4.40 Å². The molecular formula is C18H20FNO2S. The molecule has 3 nitrogen and oxygen atoms in total. The molecule has 0 radical (unpaired) electrons. The lowest BCUT2D eigenvalue weighted by atomic mass is 10.0. The molecule has 0 bridgehead atoms. The molecule has 0 N–H and O–H groups in total. The summed E-state index contributed by atoms with van der Waals surface area (Å²) >= 11 is -1.20. The molecule has 0 spiro atoms. The van der Waals surface area contributed by atoms with Crippen molar-refractivity contribution in [2.75, 3.05) is 12.9 Å². The summed E-state index contributed by atoms with van der Waals surface area (Å²) in [7, 11) is 1.56. The van der Waals surface area contributed by atoms with Crippen molar-refractivity contribution in [1.29, 1.82) is 0 Å². The van der Waals surface area contributed by atoms with Crippen LogP contribution in [0.5, 0.6) is 5.75 Å². The Morgan fingerprint density at radius 3 is 2.52 bits per heavy atom. The van der Waals surface area contributed by atoms with E-state index in [0.29, 0.717) is 23.0 Å². The number of methoxy groups -OCH3 is 1. The molecular weight excluding hydrogens is 313 g/mol. The molecule has 122 valence electrons. The summed E-state index contributed by atoms with van der Waals surface area (Å²) in [5.41, 5.74) is 2.39. The predicted molar refractivity (Wildman–Crippen MR) is 93.8 cm³/mol. The molecule has 0 aliphatic carbocycles. The quantitative estimate of drug-likeness (QED) is 0.586. The third-order valence-corrected chi connectivity index (χ3v) is 4.47. The van der Waals surface area contributed by atoms with Crippen LogP contribution >= 0.6 is 0 Å². The fourth-order valence-corrected chi connectivity index (χ4v) is 3.00. The highest BCUT2D eigenvalue weighted by atomic mass is 32.2. The van der Waals surface area contributed by atoms with Crippen molar-refractivity contribution in [3.8, 4) is 16.9 Å². The van der Waals surface area contributed by atoms with Crippen molar-refractivity contribution < 1.29 is 13.7 Å². The normalized spacial score (nSPS) is 12.8. The number of hydrogen-bond donors (Lipinski definition) is 0. The SMILES string of the molecule is COc1ccc(F)cc1-c1ccc(C=N[S+]([O-])CC(C)C)cc1. The zero-order chi connectivity index (χ0) is 16.8. The van der Waals surface area contributed by atoms with E-state index in [1.807, 2.05) is 38.1 Å². The summed E-state index contributed by atoms with van der Waals surface area (Å²) in [5.74, 6) is 1.20. The van der Waals surface area contributed by atoms with E-state index >= 15 is 0 Å². The van der Waals surface area contributed by atoms with Gasteiger partial charge in [0, 0.05) is 11.5 Å². The molecule has 2 rings (SSSR count). The first-order valence-corrected chi connectivity index (χ1v) is 8.63. The summed E-state index contributed by atoms with van der Waals surface area (Å²) in [6.07, 6.45) is 1.60. The average Bonchev–Trinajstić information content (AvgIpc) is 2.53. The van der Waals surface area contributed by atoms with Crippen LogP contribution in [-0.4, -0.2) is 23.6 Å². The van der Waals surface area contributed by atoms with Crippen molar-refractivity contribution >= 4 is 17.6 Å². The van der Waals surface area contributed by atoms with Gasteiger partial charge < -0.3 is 9.29 Å². The van der Waals surface area contributed by atoms with Gasteiger partial charge in [-0.15, -0.1) is 0 Å². The van der Waals surface area contributed by atoms with Crippen LogP contribution in [0.15, 0.2) is 46.9 Å². The van der Waals surface area contributed by atoms with E-state index in [4.69, 9.17) is 4.74 Å². The van der Waals surface area contributed by atoms with Gasteiger partial charge in [-0.2, -0.15) is 0 Å². The van der Waals surface area contributed by atoms with Crippen LogP contribution in [0.1, 0.15) is 19.4 Å². The molecule has 0 amide bonds. The lowest BCUT2D eigenvalue weighted by molar-refractivity contribution is 0.415. The third kappa shape index (κ3) is 5.08. The molecule has 0 aliphatic rings. The Hall–Kier alpha value is -1.85. The number of halogens is 1. The Morgan fingerprint density at radius 2 is 1.91 bits per heavy atom. The lowest BCUT2D eigenvalue weighted by Gasteiger charge is -2.09. The molecule has 0 aliphatic heterocycles. The van der Waals surface area contributed by atoms with Gasteiger partial charge in [0.05, 0.1) is 24.7 Å². The van der Waals surface area contributed by atoms with Crippen LogP contribution in [0.4, 0.5) is 4.39 Å². The maximum Gasteiger partial charge on any atom is 0.135 e. The second-order valence-corrected chi connectivity index (χ2v) is 6.77. The van der Waals surface area contributed by atoms with E-state index in [-0.39, 0.29) is 5.82 Å². The first-order chi connectivity index (χ1) is 11.0. The highest BCUT2D eigenvalue weighted by Gasteiger charge is 2.08. The Morgan fingerprint density at radius 1 is 1.22 bits per heavy atom. The first kappa shape index (κ1) is 17.5. The van der Waals surface area contributed by atoms with E-state index in [1.165, 1.54) is 12.1 Å². The predicted octanol–water partition coefficient (Wildman–Crippen LogP) is 4.24. The van der Waals surface area contributed by atoms with Crippen LogP contribution < -0.4 is 4.74 Å². The van der Waals surface area contributed by atoms with Crippen LogP contribution in [0, 0.1) is 11.7 Å². The summed E-state index contributed by atoms with van der Waals surface area (Å²) in [4.78, 5) is 0. The number of ether oxygens (including phenoxy) is 1. The summed E-state index contributed by atoms with van der Waals surface area (Å²) in [6.45, 7) is 4.02. The minimum atomic E-state index is -1.20. The molecule has 5 heteroatoms. The smallest absolute Gasteiger partial charge is 0.135 e. The van der Waals surface area contributed by atoms with Crippen molar-refractivity contribution in [3.05, 3.63) is 53.8 Å². The van der Waals surface area contributed by atoms with Crippen molar-refractivity contribution in [3.63, 3.8) is 0 Å². The Labute approximate surface area is 139 Å². The lowest BCUT2D eigenvalue weighted by Crippen LogP contribution is -2.08. The number of nitrogens with zero attached hydrogens (tertiary/aromatic N) is 1. The number of rotatable bonds is 6. The molecule has 2 aromatic rings. The van der Waals surface area contributed by atoms with Crippen molar-refractivity contribution in [2.45, 2.75) is 13.8 Å². The second-order valence-electron chi connectivity index (χ2n) is 5.58. The maximum absolute atomic E-state index is 13.5. The van der Waals surface area contributed by atoms with Gasteiger partial charge in [0.15, 0.2) is 0 Å². The summed E-state index contributed by atoms with van der Waals surface area (Å²) in [6, 6.07) is 11.9. The van der Waals surface area contributed by atoms with Crippen molar-refractivity contribution in [2.24, 2.45) is 10.3 Å². The topological polar surface area (TPSA) is 44.6 Å². The molecule has 0 saturated carbocycles. The monoisotopic (exact) mass is 333 g/mol. The van der Waals surface area contributed by atoms with Gasteiger partial charge in [0.2, 0.25) is 0 Å². The molecule has 1 unspecified atom stereocenters. The zero-order valence-corrected chi connectivity index (χ0v) is 14.3. The van der Waals surface area contributed by atoms with Gasteiger partial charge in [-0.25, -0.2) is 4.39 Å². The molecule has 1 atom stereocenters. The van der Waals surface area contributed by atoms with Crippen LogP contribution in [0.25, 0.3) is 11.1 Å². The summed E-state index contributed by atoms with van der Waals surface area (Å²) < 4.78 is 34.5. The average molecular weight is 333 g/mol. The molecule has 0 saturated heterocycles. The Bertz CT molecular complexity index is 671. The second kappa shape index (κ2) is 8.13. The molecule has 2 aromatic carbocycles. The fourth-order valence-electron chi connectivity index (χ4n) is 2.10. The van der Waals surface area contributed by atoms with E-state index < -0.39 is 11.4 Å². The Kier molecular flexibility index (Phi) is 6.19. The van der Waals surface area contributed by atoms with Gasteiger partial charge in [-0.1, -0.05) is 42.5 Å². The van der Waals surface area contributed by atoms with Crippen LogP contribution in [-0.2, 0) is 11.4 Å². The molecule has 0 fully saturated rings. The largest absolute Gasteiger partial charge is 0.591 e. The third-order valence-electron chi connectivity index (χ3n) is 3.18. The van der Waals surface area contributed by atoms with Crippen molar-refractivity contribution in [1.82, 2.24) is 0 Å².